The Morgan fingerprint density at radius 3 is 2.73 bits per heavy atom. The van der Waals surface area contributed by atoms with Gasteiger partial charge in [-0.05, 0) is 56.3 Å². The van der Waals surface area contributed by atoms with Crippen LogP contribution >= 0.6 is 0 Å². The van der Waals surface area contributed by atoms with E-state index in [1.54, 1.807) is 4.68 Å². The Bertz CT molecular complexity index is 752. The number of hydrogen-bond donors (Lipinski definition) is 1. The fourth-order valence-electron chi connectivity index (χ4n) is 3.78. The van der Waals surface area contributed by atoms with Gasteiger partial charge in [-0.25, -0.2) is 0 Å². The molecule has 1 atom stereocenters. The third-order valence-electron chi connectivity index (χ3n) is 5.13. The van der Waals surface area contributed by atoms with E-state index >= 15 is 0 Å². The van der Waals surface area contributed by atoms with Crippen LogP contribution in [-0.2, 0) is 24.4 Å². The highest BCUT2D eigenvalue weighted by atomic mass is 16.2. The van der Waals surface area contributed by atoms with Crippen molar-refractivity contribution in [1.29, 1.82) is 0 Å². The Balaban J connectivity index is 1.57. The van der Waals surface area contributed by atoms with E-state index in [0.717, 1.165) is 23.9 Å². The molecule has 1 aromatic carbocycles. The number of rotatable bonds is 6. The first kappa shape index (κ1) is 18.6. The smallest absolute Gasteiger partial charge is 0.242 e. The molecule has 0 radical (unpaired) electrons. The summed E-state index contributed by atoms with van der Waals surface area (Å²) in [6, 6.07) is 10.4. The number of nitrogens with zero attached hydrogens (tertiary/aromatic N) is 3. The highest BCUT2D eigenvalue weighted by Gasteiger charge is 2.17. The maximum Gasteiger partial charge on any atom is 0.242 e. The molecule has 0 bridgehead atoms. The van der Waals surface area contributed by atoms with Gasteiger partial charge in [-0.2, -0.15) is 5.10 Å². The molecule has 0 unspecified atom stereocenters. The van der Waals surface area contributed by atoms with E-state index in [-0.39, 0.29) is 12.5 Å². The van der Waals surface area contributed by atoms with Gasteiger partial charge in [0.25, 0.3) is 0 Å². The number of benzene rings is 1. The number of carbonyl (C=O) groups excluding carboxylic acids is 1. The number of nitrogens with one attached hydrogen (secondary N) is 1. The molecule has 2 heterocycles. The number of piperidine rings is 1. The van der Waals surface area contributed by atoms with E-state index < -0.39 is 0 Å². The zero-order valence-corrected chi connectivity index (χ0v) is 16.2. The van der Waals surface area contributed by atoms with Crippen LogP contribution in [0.25, 0.3) is 0 Å². The molecule has 0 spiro atoms. The summed E-state index contributed by atoms with van der Waals surface area (Å²) in [5.74, 6) is 0.772. The molecular weight excluding hydrogens is 324 g/mol. The minimum atomic E-state index is -0.00222. The van der Waals surface area contributed by atoms with Gasteiger partial charge in [-0.15, -0.1) is 0 Å². The molecule has 1 N–H and O–H groups in total. The van der Waals surface area contributed by atoms with Gasteiger partial charge in [-0.3, -0.25) is 14.4 Å². The fraction of sp³-hybridized carbons (Fsp3) is 0.524. The van der Waals surface area contributed by atoms with Crippen molar-refractivity contribution in [2.75, 3.05) is 13.1 Å². The standard InChI is InChI=1S/C21H30N4O/c1-16-7-6-10-24(13-16)14-20-9-5-4-8-19(20)12-22-21(26)15-25-18(3)11-17(2)23-25/h4-5,8-9,11,16H,6-7,10,12-15H2,1-3H3,(H,22,26)/t16-/m1/s1. The van der Waals surface area contributed by atoms with Crippen LogP contribution in [-0.4, -0.2) is 33.7 Å². The molecule has 0 saturated carbocycles. The average Bonchev–Trinajstić information content (AvgIpc) is 2.91. The second kappa shape index (κ2) is 8.49. The van der Waals surface area contributed by atoms with Crippen molar-refractivity contribution in [3.63, 3.8) is 0 Å². The summed E-state index contributed by atoms with van der Waals surface area (Å²) in [4.78, 5) is 14.8. The Labute approximate surface area is 156 Å². The number of carbonyl (C=O) groups is 1. The van der Waals surface area contributed by atoms with Gasteiger partial charge in [0.05, 0.1) is 5.69 Å². The molecule has 1 aliphatic heterocycles. The Morgan fingerprint density at radius 2 is 2.04 bits per heavy atom. The first-order valence-corrected chi connectivity index (χ1v) is 9.58. The minimum absolute atomic E-state index is 0.00222. The molecule has 1 aromatic heterocycles. The Kier molecular flexibility index (Phi) is 6.09. The molecule has 2 aromatic rings. The predicted molar refractivity (Wildman–Crippen MR) is 104 cm³/mol. The molecule has 1 fully saturated rings. The highest BCUT2D eigenvalue weighted by Crippen LogP contribution is 2.19. The summed E-state index contributed by atoms with van der Waals surface area (Å²) >= 11 is 0. The van der Waals surface area contributed by atoms with Crippen LogP contribution in [0.2, 0.25) is 0 Å². The summed E-state index contributed by atoms with van der Waals surface area (Å²) in [7, 11) is 0. The largest absolute Gasteiger partial charge is 0.350 e. The lowest BCUT2D eigenvalue weighted by molar-refractivity contribution is -0.122. The first-order chi connectivity index (χ1) is 12.5. The quantitative estimate of drug-likeness (QED) is 0.867. The van der Waals surface area contributed by atoms with Gasteiger partial charge in [0, 0.05) is 25.3 Å². The summed E-state index contributed by atoms with van der Waals surface area (Å²) in [5, 5.41) is 7.41. The number of likely N-dealkylation sites (tertiary alicyclic amines) is 1. The van der Waals surface area contributed by atoms with Crippen LogP contribution in [0.4, 0.5) is 0 Å². The van der Waals surface area contributed by atoms with Gasteiger partial charge in [0.1, 0.15) is 6.54 Å². The van der Waals surface area contributed by atoms with E-state index in [0.29, 0.717) is 6.54 Å². The van der Waals surface area contributed by atoms with E-state index in [9.17, 15) is 4.79 Å². The normalized spacial score (nSPS) is 18.0. The number of aryl methyl sites for hydroxylation is 2. The molecule has 0 aliphatic carbocycles. The molecule has 140 valence electrons. The Morgan fingerprint density at radius 1 is 1.27 bits per heavy atom. The van der Waals surface area contributed by atoms with Crippen molar-refractivity contribution in [1.82, 2.24) is 20.0 Å². The number of aromatic nitrogens is 2. The predicted octanol–water partition coefficient (Wildman–Crippen LogP) is 3.05. The molecule has 1 aliphatic rings. The van der Waals surface area contributed by atoms with Crippen LogP contribution in [0.5, 0.6) is 0 Å². The lowest BCUT2D eigenvalue weighted by atomic mass is 9.99. The number of amides is 1. The zero-order valence-electron chi connectivity index (χ0n) is 16.2. The van der Waals surface area contributed by atoms with E-state index in [1.807, 2.05) is 26.0 Å². The van der Waals surface area contributed by atoms with Crippen LogP contribution in [0.15, 0.2) is 30.3 Å². The van der Waals surface area contributed by atoms with Crippen molar-refractivity contribution in [3.05, 3.63) is 52.8 Å². The molecule has 1 saturated heterocycles. The fourth-order valence-corrected chi connectivity index (χ4v) is 3.78. The van der Waals surface area contributed by atoms with Crippen molar-refractivity contribution in [2.45, 2.75) is 53.2 Å². The second-order valence-corrected chi connectivity index (χ2v) is 7.61. The van der Waals surface area contributed by atoms with Gasteiger partial charge < -0.3 is 5.32 Å². The van der Waals surface area contributed by atoms with Crippen molar-refractivity contribution in [3.8, 4) is 0 Å². The van der Waals surface area contributed by atoms with E-state index in [2.05, 4.69) is 40.4 Å². The van der Waals surface area contributed by atoms with Gasteiger partial charge in [0.2, 0.25) is 5.91 Å². The average molecular weight is 354 g/mol. The summed E-state index contributed by atoms with van der Waals surface area (Å²) in [6.07, 6.45) is 2.61. The molecule has 26 heavy (non-hydrogen) atoms. The van der Waals surface area contributed by atoms with Gasteiger partial charge in [-0.1, -0.05) is 31.2 Å². The topological polar surface area (TPSA) is 50.2 Å². The molecule has 3 rings (SSSR count). The lowest BCUT2D eigenvalue weighted by Crippen LogP contribution is -2.34. The molecule has 5 nitrogen and oxygen atoms in total. The minimum Gasteiger partial charge on any atom is -0.350 e. The lowest BCUT2D eigenvalue weighted by Gasteiger charge is -2.31. The van der Waals surface area contributed by atoms with Crippen LogP contribution < -0.4 is 5.32 Å². The third kappa shape index (κ3) is 4.94. The van der Waals surface area contributed by atoms with Crippen LogP contribution in [0.3, 0.4) is 0 Å². The maximum atomic E-state index is 12.3. The van der Waals surface area contributed by atoms with E-state index in [1.165, 1.54) is 37.1 Å². The summed E-state index contributed by atoms with van der Waals surface area (Å²) < 4.78 is 1.76. The Hall–Kier alpha value is -2.14. The maximum absolute atomic E-state index is 12.3. The first-order valence-electron chi connectivity index (χ1n) is 9.58. The summed E-state index contributed by atoms with van der Waals surface area (Å²) in [6.45, 7) is 10.4. The molecular formula is C21H30N4O. The summed E-state index contributed by atoms with van der Waals surface area (Å²) in [5.41, 5.74) is 4.47. The molecule has 5 heteroatoms. The number of hydrogen-bond acceptors (Lipinski definition) is 3. The van der Waals surface area contributed by atoms with Crippen molar-refractivity contribution < 1.29 is 4.79 Å². The molecule has 1 amide bonds. The van der Waals surface area contributed by atoms with Crippen molar-refractivity contribution >= 4 is 5.91 Å². The van der Waals surface area contributed by atoms with Crippen LogP contribution in [0.1, 0.15) is 42.3 Å². The monoisotopic (exact) mass is 354 g/mol. The van der Waals surface area contributed by atoms with E-state index in [4.69, 9.17) is 0 Å². The van der Waals surface area contributed by atoms with Gasteiger partial charge in [0.15, 0.2) is 0 Å². The van der Waals surface area contributed by atoms with Gasteiger partial charge >= 0.3 is 0 Å². The zero-order chi connectivity index (χ0) is 18.5. The third-order valence-corrected chi connectivity index (χ3v) is 5.13. The van der Waals surface area contributed by atoms with Crippen molar-refractivity contribution in [2.24, 2.45) is 5.92 Å². The highest BCUT2D eigenvalue weighted by molar-refractivity contribution is 5.75. The van der Waals surface area contributed by atoms with Crippen LogP contribution in [0, 0.1) is 19.8 Å². The second-order valence-electron chi connectivity index (χ2n) is 7.61. The SMILES string of the molecule is Cc1cc(C)n(CC(=O)NCc2ccccc2CN2CCC[C@@H](C)C2)n1.